The number of nitrogens with zero attached hydrogens (tertiary/aromatic N) is 2. The van der Waals surface area contributed by atoms with Crippen molar-refractivity contribution in [2.75, 3.05) is 24.2 Å². The summed E-state index contributed by atoms with van der Waals surface area (Å²) in [5.74, 6) is -0.0993. The number of aryl methyl sites for hydroxylation is 2. The Morgan fingerprint density at radius 1 is 1.03 bits per heavy atom. The molecule has 8 nitrogen and oxygen atoms in total. The molecule has 0 spiro atoms. The molecule has 2 amide bonds. The lowest BCUT2D eigenvalue weighted by Gasteiger charge is -2.33. The second-order valence-corrected chi connectivity index (χ2v) is 11.1. The van der Waals surface area contributed by atoms with Crippen molar-refractivity contribution in [3.05, 3.63) is 59.2 Å². The summed E-state index contributed by atoms with van der Waals surface area (Å²) in [6.45, 7) is 9.26. The zero-order chi connectivity index (χ0) is 27.0. The van der Waals surface area contributed by atoms with Gasteiger partial charge in [0.05, 0.1) is 19.1 Å². The van der Waals surface area contributed by atoms with Crippen LogP contribution in [0.25, 0.3) is 0 Å². The van der Waals surface area contributed by atoms with E-state index in [0.29, 0.717) is 17.9 Å². The van der Waals surface area contributed by atoms with E-state index in [-0.39, 0.29) is 18.5 Å². The molecule has 0 aliphatic heterocycles. The summed E-state index contributed by atoms with van der Waals surface area (Å²) in [6.07, 6.45) is 2.20. The van der Waals surface area contributed by atoms with Crippen LogP contribution < -0.4 is 14.4 Å². The number of hydrogen-bond donors (Lipinski definition) is 1. The van der Waals surface area contributed by atoms with Gasteiger partial charge in [-0.15, -0.1) is 0 Å². The van der Waals surface area contributed by atoms with Gasteiger partial charge in [-0.05, 0) is 74.6 Å². The quantitative estimate of drug-likeness (QED) is 0.462. The average molecular weight is 518 g/mol. The van der Waals surface area contributed by atoms with E-state index in [1.165, 1.54) is 4.90 Å². The van der Waals surface area contributed by atoms with Gasteiger partial charge in [-0.25, -0.2) is 8.42 Å². The van der Waals surface area contributed by atoms with Crippen LogP contribution in [0, 0.1) is 13.8 Å². The van der Waals surface area contributed by atoms with Gasteiger partial charge in [-0.1, -0.05) is 32.0 Å². The van der Waals surface area contributed by atoms with Crippen molar-refractivity contribution in [2.24, 2.45) is 0 Å². The summed E-state index contributed by atoms with van der Waals surface area (Å²) in [4.78, 5) is 28.4. The van der Waals surface area contributed by atoms with Gasteiger partial charge >= 0.3 is 0 Å². The number of amides is 2. The fraction of sp³-hybridized carbons (Fsp3) is 0.481. The molecule has 2 aromatic rings. The molecule has 0 heterocycles. The fourth-order valence-electron chi connectivity index (χ4n) is 3.82. The van der Waals surface area contributed by atoms with E-state index >= 15 is 0 Å². The Balaban J connectivity index is 2.47. The van der Waals surface area contributed by atoms with Crippen LogP contribution in [0.15, 0.2) is 42.5 Å². The molecule has 9 heteroatoms. The Morgan fingerprint density at radius 2 is 1.72 bits per heavy atom. The predicted molar refractivity (Wildman–Crippen MR) is 144 cm³/mol. The summed E-state index contributed by atoms with van der Waals surface area (Å²) >= 11 is 0. The monoisotopic (exact) mass is 517 g/mol. The van der Waals surface area contributed by atoms with E-state index in [1.807, 2.05) is 52.8 Å². The highest BCUT2D eigenvalue weighted by atomic mass is 32.2. The van der Waals surface area contributed by atoms with Crippen molar-refractivity contribution in [1.29, 1.82) is 0 Å². The molecular weight excluding hydrogens is 478 g/mol. The Bertz CT molecular complexity index is 1170. The number of sulfonamides is 1. The Kier molecular flexibility index (Phi) is 10.3. The lowest BCUT2D eigenvalue weighted by atomic mass is 10.1. The Labute approximate surface area is 215 Å². The molecule has 0 bridgehead atoms. The SMILES string of the molecule is CC[C@@H](C)NC(=O)[C@H](CC)N(Cc1cccc(OC)c1)C(=O)CN(c1ccc(C)c(C)c1)S(C)(=O)=O. The summed E-state index contributed by atoms with van der Waals surface area (Å²) < 4.78 is 31.9. The van der Waals surface area contributed by atoms with Gasteiger partial charge < -0.3 is 15.0 Å². The third-order valence-electron chi connectivity index (χ3n) is 6.33. The minimum absolute atomic E-state index is 0.0524. The number of rotatable bonds is 12. The van der Waals surface area contributed by atoms with E-state index in [9.17, 15) is 18.0 Å². The normalized spacial score (nSPS) is 13.0. The van der Waals surface area contributed by atoms with Crippen molar-refractivity contribution < 1.29 is 22.7 Å². The average Bonchev–Trinajstić information content (AvgIpc) is 2.83. The molecule has 1 N–H and O–H groups in total. The molecule has 0 radical (unpaired) electrons. The van der Waals surface area contributed by atoms with Crippen molar-refractivity contribution in [1.82, 2.24) is 10.2 Å². The lowest BCUT2D eigenvalue weighted by Crippen LogP contribution is -2.53. The Hall–Kier alpha value is -3.07. The Morgan fingerprint density at radius 3 is 2.28 bits per heavy atom. The third-order valence-corrected chi connectivity index (χ3v) is 7.47. The van der Waals surface area contributed by atoms with E-state index in [1.54, 1.807) is 31.4 Å². The maximum absolute atomic E-state index is 13.8. The van der Waals surface area contributed by atoms with Gasteiger partial charge in [0.15, 0.2) is 0 Å². The first-order valence-corrected chi connectivity index (χ1v) is 14.0. The van der Waals surface area contributed by atoms with E-state index in [2.05, 4.69) is 5.32 Å². The highest BCUT2D eigenvalue weighted by Crippen LogP contribution is 2.23. The van der Waals surface area contributed by atoms with Crippen LogP contribution in [0.3, 0.4) is 0 Å². The van der Waals surface area contributed by atoms with E-state index < -0.39 is 28.5 Å². The van der Waals surface area contributed by atoms with Gasteiger partial charge in [-0.3, -0.25) is 13.9 Å². The number of anilines is 1. The van der Waals surface area contributed by atoms with Crippen molar-refractivity contribution in [3.63, 3.8) is 0 Å². The molecule has 0 aromatic heterocycles. The molecule has 2 aromatic carbocycles. The maximum Gasteiger partial charge on any atom is 0.244 e. The zero-order valence-electron chi connectivity index (χ0n) is 22.4. The number of ether oxygens (including phenoxy) is 1. The van der Waals surface area contributed by atoms with Gasteiger partial charge in [0.1, 0.15) is 18.3 Å². The van der Waals surface area contributed by atoms with Gasteiger partial charge in [0.25, 0.3) is 0 Å². The number of hydrogen-bond acceptors (Lipinski definition) is 5. The molecule has 0 saturated carbocycles. The van der Waals surface area contributed by atoms with Crippen molar-refractivity contribution >= 4 is 27.5 Å². The van der Waals surface area contributed by atoms with Crippen LogP contribution >= 0.6 is 0 Å². The van der Waals surface area contributed by atoms with Gasteiger partial charge in [-0.2, -0.15) is 0 Å². The molecule has 0 aliphatic rings. The molecule has 2 rings (SSSR count). The standard InChI is InChI=1S/C27H39N3O5S/c1-8-21(5)28-27(32)25(9-2)29(17-22-11-10-12-24(16-22)35-6)26(31)18-30(36(7,33)34)23-14-13-19(3)20(4)15-23/h10-16,21,25H,8-9,17-18H2,1-7H3,(H,28,32)/t21-,25+/m1/s1. The molecule has 198 valence electrons. The van der Waals surface area contributed by atoms with Crippen molar-refractivity contribution in [3.8, 4) is 5.75 Å². The molecule has 36 heavy (non-hydrogen) atoms. The number of carbonyl (C=O) groups is 2. The number of benzene rings is 2. The molecule has 2 atom stereocenters. The highest BCUT2D eigenvalue weighted by molar-refractivity contribution is 7.92. The van der Waals surface area contributed by atoms with Crippen LogP contribution in [0.1, 0.15) is 50.3 Å². The minimum atomic E-state index is -3.77. The topological polar surface area (TPSA) is 96.0 Å². The first-order chi connectivity index (χ1) is 16.9. The molecule has 0 fully saturated rings. The molecule has 0 unspecified atom stereocenters. The maximum atomic E-state index is 13.8. The summed E-state index contributed by atoms with van der Waals surface area (Å²) in [5.41, 5.74) is 3.12. The first-order valence-electron chi connectivity index (χ1n) is 12.2. The van der Waals surface area contributed by atoms with Crippen LogP contribution in [-0.4, -0.2) is 57.1 Å². The summed E-state index contributed by atoms with van der Waals surface area (Å²) in [5, 5.41) is 2.96. The van der Waals surface area contributed by atoms with E-state index in [0.717, 1.165) is 33.7 Å². The second-order valence-electron chi connectivity index (χ2n) is 9.15. The van der Waals surface area contributed by atoms with Gasteiger partial charge in [0.2, 0.25) is 21.8 Å². The minimum Gasteiger partial charge on any atom is -0.497 e. The lowest BCUT2D eigenvalue weighted by molar-refractivity contribution is -0.140. The summed E-state index contributed by atoms with van der Waals surface area (Å²) in [6, 6.07) is 11.7. The fourth-order valence-corrected chi connectivity index (χ4v) is 4.66. The second kappa shape index (κ2) is 12.8. The first kappa shape index (κ1) is 29.2. The van der Waals surface area contributed by atoms with Crippen LogP contribution in [0.5, 0.6) is 5.75 Å². The number of carbonyl (C=O) groups excluding carboxylic acids is 2. The molecular formula is C27H39N3O5S. The predicted octanol–water partition coefficient (Wildman–Crippen LogP) is 3.80. The molecule has 0 aliphatic carbocycles. The molecule has 0 saturated heterocycles. The third kappa shape index (κ3) is 7.71. The summed E-state index contributed by atoms with van der Waals surface area (Å²) in [7, 11) is -2.21. The number of nitrogens with one attached hydrogen (secondary N) is 1. The zero-order valence-corrected chi connectivity index (χ0v) is 23.2. The van der Waals surface area contributed by atoms with Gasteiger partial charge in [0, 0.05) is 12.6 Å². The highest BCUT2D eigenvalue weighted by Gasteiger charge is 2.32. The largest absolute Gasteiger partial charge is 0.497 e. The smallest absolute Gasteiger partial charge is 0.244 e. The van der Waals surface area contributed by atoms with Crippen LogP contribution in [0.4, 0.5) is 5.69 Å². The van der Waals surface area contributed by atoms with Crippen LogP contribution in [-0.2, 0) is 26.2 Å². The van der Waals surface area contributed by atoms with Crippen LogP contribution in [0.2, 0.25) is 0 Å². The van der Waals surface area contributed by atoms with E-state index in [4.69, 9.17) is 4.74 Å². The number of methoxy groups -OCH3 is 1. The van der Waals surface area contributed by atoms with Crippen molar-refractivity contribution in [2.45, 2.75) is 66.1 Å².